The number of hydrogen-bond donors (Lipinski definition) is 1. The van der Waals surface area contributed by atoms with Gasteiger partial charge in [-0.05, 0) is 43.9 Å². The number of thiazole rings is 1. The minimum atomic E-state index is -0.176. The minimum absolute atomic E-state index is 0.176. The summed E-state index contributed by atoms with van der Waals surface area (Å²) in [4.78, 5) is 17.7. The van der Waals surface area contributed by atoms with Gasteiger partial charge in [-0.15, -0.1) is 11.3 Å². The van der Waals surface area contributed by atoms with Gasteiger partial charge in [0.25, 0.3) is 0 Å². The van der Waals surface area contributed by atoms with Crippen molar-refractivity contribution in [2.75, 3.05) is 5.32 Å². The monoisotopic (exact) mass is 288 g/mol. The molecule has 3 rings (SSSR count). The van der Waals surface area contributed by atoms with Crippen molar-refractivity contribution in [2.24, 2.45) is 0 Å². The van der Waals surface area contributed by atoms with E-state index < -0.39 is 0 Å². The molecular formula is C15H16N2O2S. The molecule has 1 N–H and O–H groups in total. The summed E-state index contributed by atoms with van der Waals surface area (Å²) < 4.78 is 5.13. The molecule has 20 heavy (non-hydrogen) atoms. The average Bonchev–Trinajstić information content (AvgIpc) is 3.03. The fraction of sp³-hybridized carbons (Fsp3) is 0.333. The highest BCUT2D eigenvalue weighted by Crippen LogP contribution is 2.28. The first-order valence-corrected chi connectivity index (χ1v) is 7.64. The fourth-order valence-electron chi connectivity index (χ4n) is 2.27. The third-order valence-corrected chi connectivity index (χ3v) is 4.34. The molecule has 0 saturated carbocycles. The summed E-state index contributed by atoms with van der Waals surface area (Å²) >= 11 is 1.60. The first kappa shape index (κ1) is 13.1. The molecule has 0 unspecified atom stereocenters. The number of hydrogen-bond acceptors (Lipinski definition) is 4. The third kappa shape index (κ3) is 3.17. The van der Waals surface area contributed by atoms with Gasteiger partial charge in [-0.1, -0.05) is 6.42 Å². The standard InChI is InChI=1S/C15H16N2O2S/c18-14(9-8-11-5-4-10-19-11)17-15-16-12-6-2-1-3-7-13(12)20-15/h4-5,8-10H,1-3,6-7H2,(H,16,17,18). The van der Waals surface area contributed by atoms with Crippen LogP contribution in [0, 0.1) is 0 Å². The van der Waals surface area contributed by atoms with Crippen molar-refractivity contribution in [1.82, 2.24) is 4.98 Å². The summed E-state index contributed by atoms with van der Waals surface area (Å²) in [7, 11) is 0. The molecule has 0 atom stereocenters. The van der Waals surface area contributed by atoms with E-state index in [2.05, 4.69) is 10.3 Å². The molecule has 2 aromatic rings. The Morgan fingerprint density at radius 3 is 3.10 bits per heavy atom. The Hall–Kier alpha value is -1.88. The van der Waals surface area contributed by atoms with Crippen LogP contribution in [0.5, 0.6) is 0 Å². The molecule has 0 spiro atoms. The number of furan rings is 1. The fourth-order valence-corrected chi connectivity index (χ4v) is 3.33. The Morgan fingerprint density at radius 2 is 2.25 bits per heavy atom. The lowest BCUT2D eigenvalue weighted by atomic mass is 10.2. The maximum atomic E-state index is 11.8. The predicted octanol–water partition coefficient (Wildman–Crippen LogP) is 3.66. The molecule has 0 fully saturated rings. The van der Waals surface area contributed by atoms with Gasteiger partial charge in [0.05, 0.1) is 12.0 Å². The molecule has 0 aromatic carbocycles. The second-order valence-electron chi connectivity index (χ2n) is 4.79. The molecular weight excluding hydrogens is 272 g/mol. The Labute approximate surface area is 121 Å². The van der Waals surface area contributed by atoms with E-state index in [0.717, 1.165) is 18.5 Å². The molecule has 1 aliphatic carbocycles. The zero-order valence-electron chi connectivity index (χ0n) is 11.1. The van der Waals surface area contributed by atoms with Gasteiger partial charge < -0.3 is 4.42 Å². The van der Waals surface area contributed by atoms with Crippen LogP contribution in [-0.4, -0.2) is 10.9 Å². The SMILES string of the molecule is O=C(C=Cc1ccco1)Nc1nc2c(s1)CCCCC2. The highest BCUT2D eigenvalue weighted by molar-refractivity contribution is 7.15. The van der Waals surface area contributed by atoms with Crippen molar-refractivity contribution in [1.29, 1.82) is 0 Å². The molecule has 0 radical (unpaired) electrons. The van der Waals surface area contributed by atoms with Gasteiger partial charge in [0.15, 0.2) is 5.13 Å². The first-order chi connectivity index (χ1) is 9.81. The van der Waals surface area contributed by atoms with Crippen LogP contribution >= 0.6 is 11.3 Å². The number of fused-ring (bicyclic) bond motifs is 1. The highest BCUT2D eigenvalue weighted by Gasteiger charge is 2.14. The Balaban J connectivity index is 1.64. The van der Waals surface area contributed by atoms with E-state index in [-0.39, 0.29) is 5.91 Å². The van der Waals surface area contributed by atoms with Gasteiger partial charge in [0.2, 0.25) is 5.91 Å². The van der Waals surface area contributed by atoms with E-state index in [4.69, 9.17) is 4.42 Å². The Bertz CT molecular complexity index is 590. The molecule has 0 bridgehead atoms. The number of aryl methyl sites for hydroxylation is 2. The summed E-state index contributed by atoms with van der Waals surface area (Å²) in [5, 5.41) is 3.52. The van der Waals surface area contributed by atoms with Crippen LogP contribution in [0.25, 0.3) is 6.08 Å². The Kier molecular flexibility index (Phi) is 3.97. The van der Waals surface area contributed by atoms with Crippen molar-refractivity contribution in [3.8, 4) is 0 Å². The van der Waals surface area contributed by atoms with E-state index in [1.807, 2.05) is 0 Å². The second-order valence-corrected chi connectivity index (χ2v) is 5.87. The molecule has 2 aromatic heterocycles. The van der Waals surface area contributed by atoms with Gasteiger partial charge in [-0.2, -0.15) is 0 Å². The van der Waals surface area contributed by atoms with Gasteiger partial charge >= 0.3 is 0 Å². The maximum absolute atomic E-state index is 11.8. The molecule has 4 nitrogen and oxygen atoms in total. The van der Waals surface area contributed by atoms with Crippen LogP contribution in [0.4, 0.5) is 5.13 Å². The van der Waals surface area contributed by atoms with Crippen LogP contribution in [-0.2, 0) is 17.6 Å². The number of nitrogens with one attached hydrogen (secondary N) is 1. The van der Waals surface area contributed by atoms with Gasteiger partial charge in [-0.25, -0.2) is 4.98 Å². The van der Waals surface area contributed by atoms with Crippen LogP contribution in [0.3, 0.4) is 0 Å². The third-order valence-electron chi connectivity index (χ3n) is 3.27. The van der Waals surface area contributed by atoms with Crippen LogP contribution in [0.15, 0.2) is 28.9 Å². The number of carbonyl (C=O) groups excluding carboxylic acids is 1. The zero-order chi connectivity index (χ0) is 13.8. The molecule has 2 heterocycles. The van der Waals surface area contributed by atoms with E-state index in [1.54, 1.807) is 35.8 Å². The number of amides is 1. The van der Waals surface area contributed by atoms with Gasteiger partial charge in [0, 0.05) is 11.0 Å². The maximum Gasteiger partial charge on any atom is 0.250 e. The topological polar surface area (TPSA) is 55.1 Å². The quantitative estimate of drug-likeness (QED) is 0.692. The normalized spacial score (nSPS) is 15.0. The summed E-state index contributed by atoms with van der Waals surface area (Å²) in [6.45, 7) is 0. The molecule has 1 amide bonds. The minimum Gasteiger partial charge on any atom is -0.465 e. The Morgan fingerprint density at radius 1 is 1.35 bits per heavy atom. The average molecular weight is 288 g/mol. The number of rotatable bonds is 3. The van der Waals surface area contributed by atoms with Crippen molar-refractivity contribution in [2.45, 2.75) is 32.1 Å². The second kappa shape index (κ2) is 6.05. The van der Waals surface area contributed by atoms with Crippen molar-refractivity contribution >= 4 is 28.5 Å². The zero-order valence-corrected chi connectivity index (χ0v) is 11.9. The highest BCUT2D eigenvalue weighted by atomic mass is 32.1. The van der Waals surface area contributed by atoms with Gasteiger partial charge in [0.1, 0.15) is 5.76 Å². The summed E-state index contributed by atoms with van der Waals surface area (Å²) in [6.07, 6.45) is 10.5. The molecule has 104 valence electrons. The molecule has 5 heteroatoms. The van der Waals surface area contributed by atoms with E-state index in [0.29, 0.717) is 10.9 Å². The summed E-state index contributed by atoms with van der Waals surface area (Å²) in [5.41, 5.74) is 1.16. The van der Waals surface area contributed by atoms with Crippen molar-refractivity contribution in [3.05, 3.63) is 40.8 Å². The number of carbonyl (C=O) groups is 1. The van der Waals surface area contributed by atoms with Crippen LogP contribution in [0.2, 0.25) is 0 Å². The molecule has 1 aliphatic rings. The van der Waals surface area contributed by atoms with E-state index in [1.165, 1.54) is 30.2 Å². The lowest BCUT2D eigenvalue weighted by Crippen LogP contribution is -2.07. The number of nitrogens with zero attached hydrogens (tertiary/aromatic N) is 1. The summed E-state index contributed by atoms with van der Waals surface area (Å²) in [5.74, 6) is 0.486. The molecule has 0 saturated heterocycles. The predicted molar refractivity (Wildman–Crippen MR) is 79.7 cm³/mol. The number of aromatic nitrogens is 1. The lowest BCUT2D eigenvalue weighted by Gasteiger charge is -1.96. The lowest BCUT2D eigenvalue weighted by molar-refractivity contribution is -0.111. The van der Waals surface area contributed by atoms with E-state index in [9.17, 15) is 4.79 Å². The molecule has 0 aliphatic heterocycles. The van der Waals surface area contributed by atoms with Crippen molar-refractivity contribution in [3.63, 3.8) is 0 Å². The van der Waals surface area contributed by atoms with Crippen LogP contribution < -0.4 is 5.32 Å². The van der Waals surface area contributed by atoms with Crippen LogP contribution in [0.1, 0.15) is 35.6 Å². The van der Waals surface area contributed by atoms with Gasteiger partial charge in [-0.3, -0.25) is 10.1 Å². The first-order valence-electron chi connectivity index (χ1n) is 6.82. The largest absolute Gasteiger partial charge is 0.465 e. The smallest absolute Gasteiger partial charge is 0.250 e. The van der Waals surface area contributed by atoms with E-state index >= 15 is 0 Å². The summed E-state index contributed by atoms with van der Waals surface area (Å²) in [6, 6.07) is 3.59. The van der Waals surface area contributed by atoms with Crippen molar-refractivity contribution < 1.29 is 9.21 Å². The number of anilines is 1.